The number of aryl methyl sites for hydroxylation is 1. The highest BCUT2D eigenvalue weighted by molar-refractivity contribution is 5.51. The van der Waals surface area contributed by atoms with Crippen LogP contribution >= 0.6 is 0 Å². The van der Waals surface area contributed by atoms with Crippen molar-refractivity contribution < 1.29 is 0 Å². The zero-order valence-corrected chi connectivity index (χ0v) is 8.65. The number of aromatic nitrogens is 5. The molecule has 2 heterocycles. The van der Waals surface area contributed by atoms with Crippen LogP contribution < -0.4 is 5.73 Å². The van der Waals surface area contributed by atoms with Crippen LogP contribution in [-0.4, -0.2) is 25.1 Å². The van der Waals surface area contributed by atoms with Crippen molar-refractivity contribution >= 4 is 5.82 Å². The quantitative estimate of drug-likeness (QED) is 0.751. The van der Waals surface area contributed by atoms with Crippen LogP contribution in [-0.2, 0) is 6.42 Å². The molecule has 6 heteroatoms. The molecular formula is C9H12N6. The van der Waals surface area contributed by atoms with E-state index in [2.05, 4.69) is 25.1 Å². The molecule has 6 nitrogen and oxygen atoms in total. The Hall–Kier alpha value is -1.98. The Morgan fingerprint density at radius 2 is 2.20 bits per heavy atom. The number of nitrogens with zero attached hydrogens (tertiary/aromatic N) is 4. The van der Waals surface area contributed by atoms with Gasteiger partial charge in [0.2, 0.25) is 0 Å². The van der Waals surface area contributed by atoms with Crippen LogP contribution in [0.5, 0.6) is 0 Å². The van der Waals surface area contributed by atoms with Gasteiger partial charge in [0.25, 0.3) is 0 Å². The lowest BCUT2D eigenvalue weighted by molar-refractivity contribution is 0.966. The van der Waals surface area contributed by atoms with E-state index >= 15 is 0 Å². The van der Waals surface area contributed by atoms with Crippen molar-refractivity contribution in [3.8, 4) is 11.6 Å². The molecule has 0 fully saturated rings. The van der Waals surface area contributed by atoms with Crippen molar-refractivity contribution in [1.82, 2.24) is 25.1 Å². The number of hydrogen-bond donors (Lipinski definition) is 2. The molecule has 78 valence electrons. The molecule has 0 amide bonds. The lowest BCUT2D eigenvalue weighted by Gasteiger charge is -2.06. The first-order chi connectivity index (χ1) is 7.22. The molecule has 3 N–H and O–H groups in total. The van der Waals surface area contributed by atoms with E-state index in [1.54, 1.807) is 0 Å². The normalized spacial score (nSPS) is 10.5. The minimum atomic E-state index is 0.493. The fourth-order valence-corrected chi connectivity index (χ4v) is 1.35. The number of nitrogen functional groups attached to an aromatic ring is 1. The molecule has 2 aromatic heterocycles. The van der Waals surface area contributed by atoms with E-state index in [0.717, 1.165) is 17.7 Å². The van der Waals surface area contributed by atoms with Crippen molar-refractivity contribution in [2.24, 2.45) is 0 Å². The SMILES string of the molecule is CCc1nc(-c2ncn[nH]2)nc(N)c1C. The summed E-state index contributed by atoms with van der Waals surface area (Å²) in [5, 5.41) is 6.46. The molecule has 0 bridgehead atoms. The second-order valence-electron chi connectivity index (χ2n) is 3.19. The summed E-state index contributed by atoms with van der Waals surface area (Å²) in [4.78, 5) is 12.5. The third-order valence-electron chi connectivity index (χ3n) is 2.25. The van der Waals surface area contributed by atoms with Crippen molar-refractivity contribution in [2.75, 3.05) is 5.73 Å². The fourth-order valence-electron chi connectivity index (χ4n) is 1.35. The van der Waals surface area contributed by atoms with E-state index in [-0.39, 0.29) is 0 Å². The van der Waals surface area contributed by atoms with E-state index < -0.39 is 0 Å². The number of H-pyrrole nitrogens is 1. The Labute approximate surface area is 87.0 Å². The second kappa shape index (κ2) is 3.64. The summed E-state index contributed by atoms with van der Waals surface area (Å²) in [6.07, 6.45) is 2.24. The minimum Gasteiger partial charge on any atom is -0.383 e. The highest BCUT2D eigenvalue weighted by Gasteiger charge is 2.10. The molecule has 0 unspecified atom stereocenters. The standard InChI is InChI=1S/C9H12N6/c1-3-6-5(2)7(10)14-9(13-6)8-11-4-12-15-8/h4H,3H2,1-2H3,(H2,10,13,14)(H,11,12,15). The van der Waals surface area contributed by atoms with Gasteiger partial charge in [-0.1, -0.05) is 6.92 Å². The predicted octanol–water partition coefficient (Wildman–Crippen LogP) is 0.715. The van der Waals surface area contributed by atoms with E-state index in [0.29, 0.717) is 17.5 Å². The molecule has 0 aliphatic rings. The van der Waals surface area contributed by atoms with E-state index in [1.165, 1.54) is 6.33 Å². The van der Waals surface area contributed by atoms with Crippen LogP contribution in [0.4, 0.5) is 5.82 Å². The summed E-state index contributed by atoms with van der Waals surface area (Å²) in [6.45, 7) is 3.94. The highest BCUT2D eigenvalue weighted by Crippen LogP contribution is 2.17. The average Bonchev–Trinajstić information content (AvgIpc) is 2.75. The molecule has 0 saturated carbocycles. The molecule has 2 aromatic rings. The predicted molar refractivity (Wildman–Crippen MR) is 55.9 cm³/mol. The van der Waals surface area contributed by atoms with E-state index in [9.17, 15) is 0 Å². The molecule has 0 spiro atoms. The molecule has 0 aromatic carbocycles. The smallest absolute Gasteiger partial charge is 0.199 e. The van der Waals surface area contributed by atoms with Gasteiger partial charge in [-0.2, -0.15) is 5.10 Å². The number of hydrogen-bond acceptors (Lipinski definition) is 5. The van der Waals surface area contributed by atoms with Gasteiger partial charge in [-0.15, -0.1) is 0 Å². The Kier molecular flexibility index (Phi) is 2.32. The van der Waals surface area contributed by atoms with Crippen LogP contribution in [0.1, 0.15) is 18.2 Å². The highest BCUT2D eigenvalue weighted by atomic mass is 15.2. The van der Waals surface area contributed by atoms with Crippen molar-refractivity contribution in [3.05, 3.63) is 17.6 Å². The van der Waals surface area contributed by atoms with Gasteiger partial charge >= 0.3 is 0 Å². The second-order valence-corrected chi connectivity index (χ2v) is 3.19. The van der Waals surface area contributed by atoms with Crippen molar-refractivity contribution in [1.29, 1.82) is 0 Å². The molecule has 15 heavy (non-hydrogen) atoms. The van der Waals surface area contributed by atoms with Crippen LogP contribution in [0.15, 0.2) is 6.33 Å². The maximum atomic E-state index is 5.79. The summed E-state index contributed by atoms with van der Waals surface area (Å²) in [7, 11) is 0. The number of nitrogens with one attached hydrogen (secondary N) is 1. The van der Waals surface area contributed by atoms with Gasteiger partial charge in [0.15, 0.2) is 11.6 Å². The summed E-state index contributed by atoms with van der Waals surface area (Å²) >= 11 is 0. The first-order valence-electron chi connectivity index (χ1n) is 4.71. The van der Waals surface area contributed by atoms with Gasteiger partial charge in [-0.3, -0.25) is 5.10 Å². The molecule has 0 radical (unpaired) electrons. The van der Waals surface area contributed by atoms with Crippen LogP contribution in [0.25, 0.3) is 11.6 Å². The van der Waals surface area contributed by atoms with Crippen LogP contribution in [0.3, 0.4) is 0 Å². The minimum absolute atomic E-state index is 0.493. The maximum Gasteiger partial charge on any atom is 0.199 e. The van der Waals surface area contributed by atoms with Gasteiger partial charge in [0.05, 0.1) is 0 Å². The number of rotatable bonds is 2. The number of aromatic amines is 1. The lowest BCUT2D eigenvalue weighted by Crippen LogP contribution is -2.04. The van der Waals surface area contributed by atoms with Gasteiger partial charge in [-0.05, 0) is 13.3 Å². The van der Waals surface area contributed by atoms with Gasteiger partial charge in [0, 0.05) is 11.3 Å². The number of anilines is 1. The van der Waals surface area contributed by atoms with E-state index in [1.807, 2.05) is 13.8 Å². The van der Waals surface area contributed by atoms with Crippen LogP contribution in [0, 0.1) is 6.92 Å². The third kappa shape index (κ3) is 1.65. The first kappa shape index (κ1) is 9.57. The Bertz CT molecular complexity index is 462. The van der Waals surface area contributed by atoms with Gasteiger partial charge in [-0.25, -0.2) is 15.0 Å². The van der Waals surface area contributed by atoms with Crippen molar-refractivity contribution in [2.45, 2.75) is 20.3 Å². The summed E-state index contributed by atoms with van der Waals surface area (Å²) in [5.74, 6) is 1.53. The molecular weight excluding hydrogens is 192 g/mol. The lowest BCUT2D eigenvalue weighted by atomic mass is 10.2. The fraction of sp³-hybridized carbons (Fsp3) is 0.333. The Balaban J connectivity index is 2.55. The molecule has 0 atom stereocenters. The summed E-state index contributed by atoms with van der Waals surface area (Å²) in [5.41, 5.74) is 7.66. The first-order valence-corrected chi connectivity index (χ1v) is 4.71. The largest absolute Gasteiger partial charge is 0.383 e. The van der Waals surface area contributed by atoms with Crippen molar-refractivity contribution in [3.63, 3.8) is 0 Å². The molecule has 0 aliphatic heterocycles. The van der Waals surface area contributed by atoms with Gasteiger partial charge < -0.3 is 5.73 Å². The average molecular weight is 204 g/mol. The third-order valence-corrected chi connectivity index (χ3v) is 2.25. The maximum absolute atomic E-state index is 5.79. The number of nitrogens with two attached hydrogens (primary N) is 1. The summed E-state index contributed by atoms with van der Waals surface area (Å²) < 4.78 is 0. The zero-order chi connectivity index (χ0) is 10.8. The van der Waals surface area contributed by atoms with Gasteiger partial charge in [0.1, 0.15) is 12.1 Å². The molecule has 0 aliphatic carbocycles. The molecule has 2 rings (SSSR count). The Morgan fingerprint density at radius 1 is 1.40 bits per heavy atom. The monoisotopic (exact) mass is 204 g/mol. The molecule has 0 saturated heterocycles. The van der Waals surface area contributed by atoms with E-state index in [4.69, 9.17) is 5.73 Å². The van der Waals surface area contributed by atoms with Crippen LogP contribution in [0.2, 0.25) is 0 Å². The summed E-state index contributed by atoms with van der Waals surface area (Å²) in [6, 6.07) is 0. The zero-order valence-electron chi connectivity index (χ0n) is 8.65. The topological polar surface area (TPSA) is 93.4 Å². The Morgan fingerprint density at radius 3 is 2.80 bits per heavy atom.